The minimum atomic E-state index is -1.02. The highest BCUT2D eigenvalue weighted by Gasteiger charge is 2.17. The summed E-state index contributed by atoms with van der Waals surface area (Å²) >= 11 is 3.10. The van der Waals surface area contributed by atoms with E-state index in [4.69, 9.17) is 4.74 Å². The minimum absolute atomic E-state index is 0.0556. The van der Waals surface area contributed by atoms with Crippen LogP contribution in [0.4, 0.5) is 8.78 Å². The fourth-order valence-electron chi connectivity index (χ4n) is 1.51. The molecule has 0 bridgehead atoms. The Kier molecular flexibility index (Phi) is 3.15. The van der Waals surface area contributed by atoms with Gasteiger partial charge in [-0.1, -0.05) is 0 Å². The molecule has 1 N–H and O–H groups in total. The number of hydrogen-bond donors (Lipinski definition) is 1. The zero-order chi connectivity index (χ0) is 12.6. The summed E-state index contributed by atoms with van der Waals surface area (Å²) in [6.45, 7) is 1.88. The van der Waals surface area contributed by atoms with Crippen LogP contribution in [-0.2, 0) is 4.74 Å². The lowest BCUT2D eigenvalue weighted by molar-refractivity contribution is 0.0520. The monoisotopic (exact) mass is 303 g/mol. The highest BCUT2D eigenvalue weighted by atomic mass is 79.9. The highest BCUT2D eigenvalue weighted by molar-refractivity contribution is 9.10. The van der Waals surface area contributed by atoms with Crippen molar-refractivity contribution in [2.75, 3.05) is 6.61 Å². The van der Waals surface area contributed by atoms with Gasteiger partial charge in [-0.15, -0.1) is 0 Å². The van der Waals surface area contributed by atoms with Gasteiger partial charge >= 0.3 is 5.97 Å². The van der Waals surface area contributed by atoms with Gasteiger partial charge in [0.2, 0.25) is 0 Å². The second-order valence-corrected chi connectivity index (χ2v) is 4.20. The number of aromatic amines is 1. The maximum atomic E-state index is 13.5. The first-order valence-electron chi connectivity index (χ1n) is 4.88. The number of esters is 1. The maximum absolute atomic E-state index is 13.5. The molecule has 0 spiro atoms. The number of benzene rings is 1. The average Bonchev–Trinajstić information content (AvgIpc) is 2.72. The number of carbonyl (C=O) groups is 1. The predicted molar refractivity (Wildman–Crippen MR) is 61.9 cm³/mol. The van der Waals surface area contributed by atoms with Crippen LogP contribution in [0.5, 0.6) is 0 Å². The van der Waals surface area contributed by atoms with E-state index in [0.29, 0.717) is 9.86 Å². The fourth-order valence-corrected chi connectivity index (χ4v) is 2.02. The number of aromatic nitrogens is 1. The van der Waals surface area contributed by atoms with E-state index in [2.05, 4.69) is 20.9 Å². The molecule has 0 unspecified atom stereocenters. The van der Waals surface area contributed by atoms with Crippen molar-refractivity contribution < 1.29 is 18.3 Å². The van der Waals surface area contributed by atoms with Gasteiger partial charge in [0.25, 0.3) is 0 Å². The number of hydrogen-bond acceptors (Lipinski definition) is 2. The van der Waals surface area contributed by atoms with Gasteiger partial charge in [-0.05, 0) is 35.0 Å². The molecule has 1 heterocycles. The van der Waals surface area contributed by atoms with E-state index in [1.54, 1.807) is 6.92 Å². The molecule has 0 atom stereocenters. The molecule has 3 nitrogen and oxygen atoms in total. The highest BCUT2D eigenvalue weighted by Crippen LogP contribution is 2.29. The van der Waals surface area contributed by atoms with Crippen LogP contribution >= 0.6 is 15.9 Å². The lowest BCUT2D eigenvalue weighted by Crippen LogP contribution is -2.04. The zero-order valence-corrected chi connectivity index (χ0v) is 10.4. The van der Waals surface area contributed by atoms with E-state index < -0.39 is 17.6 Å². The maximum Gasteiger partial charge on any atom is 0.354 e. The quantitative estimate of drug-likeness (QED) is 0.682. The average molecular weight is 304 g/mol. The first kappa shape index (κ1) is 12.0. The third-order valence-electron chi connectivity index (χ3n) is 2.25. The van der Waals surface area contributed by atoms with Gasteiger partial charge in [-0.3, -0.25) is 0 Å². The Hall–Kier alpha value is -1.43. The topological polar surface area (TPSA) is 42.1 Å². The van der Waals surface area contributed by atoms with Crippen molar-refractivity contribution in [3.63, 3.8) is 0 Å². The van der Waals surface area contributed by atoms with Crippen LogP contribution in [0.2, 0.25) is 0 Å². The van der Waals surface area contributed by atoms with E-state index in [-0.39, 0.29) is 17.8 Å². The molecule has 6 heteroatoms. The number of H-pyrrole nitrogens is 1. The van der Waals surface area contributed by atoms with Crippen molar-refractivity contribution in [3.8, 4) is 0 Å². The number of halogens is 3. The molecule has 0 radical (unpaired) electrons. The Morgan fingerprint density at radius 3 is 2.82 bits per heavy atom. The molecule has 17 heavy (non-hydrogen) atoms. The Morgan fingerprint density at radius 1 is 1.47 bits per heavy atom. The summed E-state index contributed by atoms with van der Waals surface area (Å²) in [7, 11) is 0. The number of fused-ring (bicyclic) bond motifs is 1. The van der Waals surface area contributed by atoms with Crippen LogP contribution in [0.25, 0.3) is 10.9 Å². The molecule has 2 rings (SSSR count). The minimum Gasteiger partial charge on any atom is -0.461 e. The number of ether oxygens (including phenoxy) is 1. The van der Waals surface area contributed by atoms with E-state index >= 15 is 0 Å². The fraction of sp³-hybridized carbons (Fsp3) is 0.182. The lowest BCUT2D eigenvalue weighted by Gasteiger charge is -1.97. The lowest BCUT2D eigenvalue weighted by atomic mass is 10.2. The first-order chi connectivity index (χ1) is 8.04. The van der Waals surface area contributed by atoms with Crippen molar-refractivity contribution in [1.82, 2.24) is 4.98 Å². The molecule has 90 valence electrons. The summed E-state index contributed by atoms with van der Waals surface area (Å²) in [5.41, 5.74) is 0.0342. The van der Waals surface area contributed by atoms with Gasteiger partial charge in [-0.25, -0.2) is 13.6 Å². The molecule has 0 aliphatic heterocycles. The number of rotatable bonds is 2. The van der Waals surface area contributed by atoms with Crippen LogP contribution in [0, 0.1) is 11.6 Å². The second-order valence-electron chi connectivity index (χ2n) is 3.35. The second kappa shape index (κ2) is 4.44. The smallest absolute Gasteiger partial charge is 0.354 e. The molecule has 2 aromatic rings. The molecular formula is C11H8BrF2NO2. The van der Waals surface area contributed by atoms with Crippen LogP contribution < -0.4 is 0 Å². The molecule has 0 saturated carbocycles. The van der Waals surface area contributed by atoms with Gasteiger partial charge in [0.05, 0.1) is 12.1 Å². The third kappa shape index (κ3) is 2.04. The molecular weight excluding hydrogens is 296 g/mol. The van der Waals surface area contributed by atoms with Crippen molar-refractivity contribution in [3.05, 3.63) is 33.9 Å². The SMILES string of the molecule is CCOC(=O)c1cc2c(Br)cc(F)c(F)c2[nH]1. The van der Waals surface area contributed by atoms with E-state index in [1.807, 2.05) is 0 Å². The van der Waals surface area contributed by atoms with Gasteiger partial charge in [0.1, 0.15) is 5.69 Å². The van der Waals surface area contributed by atoms with Crippen molar-refractivity contribution in [2.24, 2.45) is 0 Å². The summed E-state index contributed by atoms with van der Waals surface area (Å²) < 4.78 is 31.7. The van der Waals surface area contributed by atoms with E-state index in [0.717, 1.165) is 6.07 Å². The largest absolute Gasteiger partial charge is 0.461 e. The summed E-state index contributed by atoms with van der Waals surface area (Å²) in [5, 5.41) is 0.395. The Morgan fingerprint density at radius 2 is 2.18 bits per heavy atom. The standard InChI is InChI=1S/C11H8BrF2NO2/c1-2-17-11(16)8-3-5-6(12)4-7(13)9(14)10(5)15-8/h3-4,15H,2H2,1H3. The van der Waals surface area contributed by atoms with Crippen molar-refractivity contribution in [1.29, 1.82) is 0 Å². The summed E-state index contributed by atoms with van der Waals surface area (Å²) in [4.78, 5) is 13.9. The molecule has 0 aliphatic rings. The summed E-state index contributed by atoms with van der Waals surface area (Å²) in [6.07, 6.45) is 0. The molecule has 0 amide bonds. The predicted octanol–water partition coefficient (Wildman–Crippen LogP) is 3.39. The van der Waals surface area contributed by atoms with Crippen LogP contribution in [0.1, 0.15) is 17.4 Å². The Bertz CT molecular complexity index is 595. The summed E-state index contributed by atoms with van der Waals surface area (Å²) in [5.74, 6) is -2.60. The molecule has 1 aromatic heterocycles. The van der Waals surface area contributed by atoms with Crippen LogP contribution in [0.3, 0.4) is 0 Å². The Balaban J connectivity index is 2.61. The van der Waals surface area contributed by atoms with Crippen LogP contribution in [-0.4, -0.2) is 17.6 Å². The Labute approximate surface area is 104 Å². The van der Waals surface area contributed by atoms with Crippen LogP contribution in [0.15, 0.2) is 16.6 Å². The third-order valence-corrected chi connectivity index (χ3v) is 2.91. The van der Waals surface area contributed by atoms with Gasteiger partial charge in [0.15, 0.2) is 11.6 Å². The van der Waals surface area contributed by atoms with E-state index in [1.165, 1.54) is 6.07 Å². The molecule has 0 saturated heterocycles. The van der Waals surface area contributed by atoms with Gasteiger partial charge in [0, 0.05) is 9.86 Å². The number of nitrogens with one attached hydrogen (secondary N) is 1. The summed E-state index contributed by atoms with van der Waals surface area (Å²) in [6, 6.07) is 2.43. The van der Waals surface area contributed by atoms with Crippen molar-refractivity contribution >= 4 is 32.8 Å². The van der Waals surface area contributed by atoms with E-state index in [9.17, 15) is 13.6 Å². The zero-order valence-electron chi connectivity index (χ0n) is 8.81. The first-order valence-corrected chi connectivity index (χ1v) is 5.67. The molecule has 0 fully saturated rings. The van der Waals surface area contributed by atoms with Gasteiger partial charge < -0.3 is 9.72 Å². The normalized spacial score (nSPS) is 10.8. The number of carbonyl (C=O) groups excluding carboxylic acids is 1. The molecule has 1 aromatic carbocycles. The van der Waals surface area contributed by atoms with Crippen molar-refractivity contribution in [2.45, 2.75) is 6.92 Å². The van der Waals surface area contributed by atoms with Gasteiger partial charge in [-0.2, -0.15) is 0 Å². The molecule has 0 aliphatic carbocycles.